The van der Waals surface area contributed by atoms with Crippen molar-refractivity contribution in [1.82, 2.24) is 4.98 Å². The van der Waals surface area contributed by atoms with Gasteiger partial charge < -0.3 is 10.6 Å². The Hall–Kier alpha value is -1.88. The Morgan fingerprint density at radius 3 is 2.58 bits per heavy atom. The number of nitrogens with zero attached hydrogens (tertiary/aromatic N) is 1. The number of benzene rings is 1. The van der Waals surface area contributed by atoms with Gasteiger partial charge in [0, 0.05) is 16.4 Å². The summed E-state index contributed by atoms with van der Waals surface area (Å²) in [5, 5.41) is 5.88. The summed E-state index contributed by atoms with van der Waals surface area (Å²) in [4.78, 5) is 16.1. The van der Waals surface area contributed by atoms with Crippen molar-refractivity contribution in [3.63, 3.8) is 0 Å². The van der Waals surface area contributed by atoms with Crippen molar-refractivity contribution in [2.75, 3.05) is 10.6 Å². The third kappa shape index (κ3) is 4.06. The number of para-hydroxylation sites is 1. The van der Waals surface area contributed by atoms with Crippen LogP contribution in [0, 0.1) is 0 Å². The van der Waals surface area contributed by atoms with Gasteiger partial charge in [-0.2, -0.15) is 0 Å². The second-order valence-corrected chi connectivity index (χ2v) is 5.00. The lowest BCUT2D eigenvalue weighted by atomic mass is 10.2. The zero-order chi connectivity index (χ0) is 13.7. The molecule has 1 amide bonds. The molecule has 0 aliphatic rings. The Labute approximate surface area is 120 Å². The van der Waals surface area contributed by atoms with E-state index in [0.29, 0.717) is 5.82 Å². The fourth-order valence-corrected chi connectivity index (χ4v) is 1.76. The van der Waals surface area contributed by atoms with Gasteiger partial charge in [0.05, 0.1) is 0 Å². The average molecular weight is 320 g/mol. The lowest BCUT2D eigenvalue weighted by molar-refractivity contribution is -0.116. The van der Waals surface area contributed by atoms with E-state index in [4.69, 9.17) is 0 Å². The van der Waals surface area contributed by atoms with Gasteiger partial charge in [0.15, 0.2) is 0 Å². The molecule has 1 heterocycles. The van der Waals surface area contributed by atoms with Gasteiger partial charge in [0.1, 0.15) is 11.9 Å². The van der Waals surface area contributed by atoms with Gasteiger partial charge >= 0.3 is 0 Å². The maximum absolute atomic E-state index is 12.0. The summed E-state index contributed by atoms with van der Waals surface area (Å²) >= 11 is 3.32. The summed E-state index contributed by atoms with van der Waals surface area (Å²) in [5.41, 5.74) is 0.782. The number of halogens is 1. The standard InChI is InChI=1S/C14H14BrN3O/c1-10(17-13-8-7-11(15)9-16-13)14(19)18-12-5-3-2-4-6-12/h2-10H,1H3,(H,16,17)(H,18,19). The first kappa shape index (κ1) is 13.5. The molecule has 0 aliphatic heterocycles. The van der Waals surface area contributed by atoms with Gasteiger partial charge in [-0.25, -0.2) is 4.98 Å². The largest absolute Gasteiger partial charge is 0.359 e. The molecule has 2 N–H and O–H groups in total. The van der Waals surface area contributed by atoms with Crippen molar-refractivity contribution >= 4 is 33.3 Å². The van der Waals surface area contributed by atoms with Crippen molar-refractivity contribution in [3.05, 3.63) is 53.1 Å². The molecule has 19 heavy (non-hydrogen) atoms. The number of anilines is 2. The Morgan fingerprint density at radius 1 is 1.21 bits per heavy atom. The molecule has 0 fully saturated rings. The third-order valence-corrected chi connectivity index (χ3v) is 3.00. The predicted octanol–water partition coefficient (Wildman–Crippen LogP) is 3.28. The van der Waals surface area contributed by atoms with Crippen LogP contribution in [0.4, 0.5) is 11.5 Å². The summed E-state index contributed by atoms with van der Waals surface area (Å²) in [7, 11) is 0. The molecule has 0 saturated heterocycles. The van der Waals surface area contributed by atoms with E-state index in [1.165, 1.54) is 0 Å². The molecule has 4 nitrogen and oxygen atoms in total. The zero-order valence-corrected chi connectivity index (χ0v) is 12.0. The van der Waals surface area contributed by atoms with Crippen LogP contribution in [0.2, 0.25) is 0 Å². The first-order chi connectivity index (χ1) is 9.15. The summed E-state index contributed by atoms with van der Waals surface area (Å²) in [5.74, 6) is 0.565. The molecule has 2 aromatic rings. The van der Waals surface area contributed by atoms with E-state index in [2.05, 4.69) is 31.5 Å². The van der Waals surface area contributed by atoms with Crippen molar-refractivity contribution in [1.29, 1.82) is 0 Å². The number of rotatable bonds is 4. The molecule has 1 aromatic heterocycles. The molecule has 0 saturated carbocycles. The average Bonchev–Trinajstić information content (AvgIpc) is 2.42. The Kier molecular flexibility index (Phi) is 4.52. The fraction of sp³-hybridized carbons (Fsp3) is 0.143. The van der Waals surface area contributed by atoms with E-state index in [-0.39, 0.29) is 11.9 Å². The highest BCUT2D eigenvalue weighted by Crippen LogP contribution is 2.12. The zero-order valence-electron chi connectivity index (χ0n) is 10.4. The highest BCUT2D eigenvalue weighted by molar-refractivity contribution is 9.10. The topological polar surface area (TPSA) is 54.0 Å². The smallest absolute Gasteiger partial charge is 0.246 e. The van der Waals surface area contributed by atoms with E-state index in [0.717, 1.165) is 10.2 Å². The number of nitrogens with one attached hydrogen (secondary N) is 2. The number of aromatic nitrogens is 1. The number of amides is 1. The Bertz CT molecular complexity index is 542. The molecular formula is C14H14BrN3O. The Balaban J connectivity index is 1.94. The fourth-order valence-electron chi connectivity index (χ4n) is 1.52. The lowest BCUT2D eigenvalue weighted by Crippen LogP contribution is -2.32. The van der Waals surface area contributed by atoms with Gasteiger partial charge in [-0.3, -0.25) is 4.79 Å². The molecule has 0 spiro atoms. The predicted molar refractivity (Wildman–Crippen MR) is 80.1 cm³/mol. The number of carbonyl (C=O) groups excluding carboxylic acids is 1. The van der Waals surface area contributed by atoms with E-state index in [9.17, 15) is 4.79 Å². The number of carbonyl (C=O) groups is 1. The molecule has 0 bridgehead atoms. The summed E-state index contributed by atoms with van der Waals surface area (Å²) < 4.78 is 0.902. The second-order valence-electron chi connectivity index (χ2n) is 4.08. The van der Waals surface area contributed by atoms with E-state index >= 15 is 0 Å². The van der Waals surface area contributed by atoms with Gasteiger partial charge in [0.25, 0.3) is 0 Å². The van der Waals surface area contributed by atoms with Crippen LogP contribution < -0.4 is 10.6 Å². The summed E-state index contributed by atoms with van der Waals surface area (Å²) in [6.45, 7) is 1.79. The van der Waals surface area contributed by atoms with Gasteiger partial charge in [0.2, 0.25) is 5.91 Å². The van der Waals surface area contributed by atoms with Crippen LogP contribution in [0.1, 0.15) is 6.92 Å². The number of hydrogen-bond acceptors (Lipinski definition) is 3. The minimum atomic E-state index is -0.367. The summed E-state index contributed by atoms with van der Waals surface area (Å²) in [6, 6.07) is 12.7. The van der Waals surface area contributed by atoms with Gasteiger partial charge in [-0.15, -0.1) is 0 Å². The number of hydrogen-bond donors (Lipinski definition) is 2. The van der Waals surface area contributed by atoms with Crippen LogP contribution >= 0.6 is 15.9 Å². The van der Waals surface area contributed by atoms with E-state index in [1.54, 1.807) is 13.1 Å². The molecule has 5 heteroatoms. The van der Waals surface area contributed by atoms with Crippen LogP contribution in [0.15, 0.2) is 53.1 Å². The van der Waals surface area contributed by atoms with Crippen molar-refractivity contribution < 1.29 is 4.79 Å². The Morgan fingerprint density at radius 2 is 1.95 bits per heavy atom. The molecule has 2 rings (SSSR count). The highest BCUT2D eigenvalue weighted by atomic mass is 79.9. The maximum Gasteiger partial charge on any atom is 0.246 e. The molecule has 0 aliphatic carbocycles. The third-order valence-electron chi connectivity index (χ3n) is 2.53. The minimum absolute atomic E-state index is 0.101. The van der Waals surface area contributed by atoms with E-state index in [1.807, 2.05) is 42.5 Å². The SMILES string of the molecule is CC(Nc1ccc(Br)cn1)C(=O)Nc1ccccc1. The van der Waals surface area contributed by atoms with Crippen molar-refractivity contribution in [2.24, 2.45) is 0 Å². The monoisotopic (exact) mass is 319 g/mol. The molecule has 1 unspecified atom stereocenters. The molecule has 1 aromatic carbocycles. The molecular weight excluding hydrogens is 306 g/mol. The van der Waals surface area contributed by atoms with Crippen LogP contribution in [0.5, 0.6) is 0 Å². The van der Waals surface area contributed by atoms with Crippen molar-refractivity contribution in [2.45, 2.75) is 13.0 Å². The molecule has 98 valence electrons. The quantitative estimate of drug-likeness (QED) is 0.909. The lowest BCUT2D eigenvalue weighted by Gasteiger charge is -2.14. The van der Waals surface area contributed by atoms with E-state index < -0.39 is 0 Å². The normalized spacial score (nSPS) is 11.7. The highest BCUT2D eigenvalue weighted by Gasteiger charge is 2.12. The van der Waals surface area contributed by atoms with Crippen LogP contribution in [0.25, 0.3) is 0 Å². The first-order valence-electron chi connectivity index (χ1n) is 5.89. The van der Waals surface area contributed by atoms with Gasteiger partial charge in [-0.1, -0.05) is 18.2 Å². The second kappa shape index (κ2) is 6.33. The maximum atomic E-state index is 12.0. The first-order valence-corrected chi connectivity index (χ1v) is 6.68. The van der Waals surface area contributed by atoms with Crippen LogP contribution in [-0.2, 0) is 4.79 Å². The molecule has 0 radical (unpaired) electrons. The summed E-state index contributed by atoms with van der Waals surface area (Å²) in [6.07, 6.45) is 1.68. The van der Waals surface area contributed by atoms with Gasteiger partial charge in [-0.05, 0) is 47.1 Å². The minimum Gasteiger partial charge on any atom is -0.359 e. The molecule has 1 atom stereocenters. The van der Waals surface area contributed by atoms with Crippen LogP contribution in [-0.4, -0.2) is 16.9 Å². The van der Waals surface area contributed by atoms with Crippen molar-refractivity contribution in [3.8, 4) is 0 Å². The number of pyridine rings is 1. The van der Waals surface area contributed by atoms with Crippen LogP contribution in [0.3, 0.4) is 0 Å².